The Morgan fingerprint density at radius 3 is 1.97 bits per heavy atom. The Kier molecular flexibility index (Phi) is 7.55. The second-order valence-electron chi connectivity index (χ2n) is 7.11. The molecule has 1 saturated heterocycles. The number of hydrogen-bond donors (Lipinski definition) is 0. The normalized spacial score (nSPS) is 15.5. The topological polar surface area (TPSA) is 48.7 Å². The predicted molar refractivity (Wildman–Crippen MR) is 106 cm³/mol. The molecule has 0 radical (unpaired) electrons. The summed E-state index contributed by atoms with van der Waals surface area (Å²) in [5.41, 5.74) is 1.60. The van der Waals surface area contributed by atoms with Gasteiger partial charge >= 0.3 is 6.36 Å². The lowest BCUT2D eigenvalue weighted by Crippen LogP contribution is -2.47. The van der Waals surface area contributed by atoms with Crippen molar-refractivity contribution in [2.75, 3.05) is 45.9 Å². The molecule has 160 valence electrons. The van der Waals surface area contributed by atoms with Gasteiger partial charge in [0.1, 0.15) is 18.1 Å². The Labute approximate surface area is 174 Å². The van der Waals surface area contributed by atoms with E-state index in [9.17, 15) is 13.2 Å². The molecule has 8 heteroatoms. The molecule has 0 bridgehead atoms. The van der Waals surface area contributed by atoms with E-state index in [1.54, 1.807) is 36.4 Å². The van der Waals surface area contributed by atoms with Crippen molar-refractivity contribution in [2.24, 2.45) is 0 Å². The number of alkyl halides is 3. The molecule has 30 heavy (non-hydrogen) atoms. The van der Waals surface area contributed by atoms with Crippen LogP contribution < -0.4 is 9.47 Å². The number of nitriles is 1. The first-order chi connectivity index (χ1) is 14.4. The minimum atomic E-state index is -4.66. The van der Waals surface area contributed by atoms with Crippen molar-refractivity contribution in [1.29, 1.82) is 5.26 Å². The van der Waals surface area contributed by atoms with Crippen molar-refractivity contribution < 1.29 is 22.6 Å². The molecule has 0 saturated carbocycles. The van der Waals surface area contributed by atoms with Crippen LogP contribution in [0, 0.1) is 11.3 Å². The average Bonchev–Trinajstić information content (AvgIpc) is 2.74. The number of piperazine rings is 1. The molecule has 0 spiro atoms. The van der Waals surface area contributed by atoms with Gasteiger partial charge in [-0.15, -0.1) is 13.2 Å². The zero-order chi connectivity index (χ0) is 21.4. The van der Waals surface area contributed by atoms with Gasteiger partial charge in [-0.05, 0) is 48.4 Å². The molecule has 3 rings (SSSR count). The minimum absolute atomic E-state index is 0.192. The number of ether oxygens (including phenoxy) is 2. The maximum absolute atomic E-state index is 12.2. The monoisotopic (exact) mass is 419 g/mol. The molecule has 1 heterocycles. The average molecular weight is 419 g/mol. The van der Waals surface area contributed by atoms with E-state index in [0.29, 0.717) is 12.2 Å². The first-order valence-corrected chi connectivity index (χ1v) is 9.84. The Morgan fingerprint density at radius 2 is 1.40 bits per heavy atom. The van der Waals surface area contributed by atoms with Gasteiger partial charge in [0.25, 0.3) is 0 Å². The maximum atomic E-state index is 12.2. The lowest BCUT2D eigenvalue weighted by Gasteiger charge is -2.34. The van der Waals surface area contributed by atoms with Crippen LogP contribution in [-0.4, -0.2) is 62.0 Å². The smallest absolute Gasteiger partial charge is 0.492 e. The van der Waals surface area contributed by atoms with Crippen LogP contribution in [0.15, 0.2) is 48.5 Å². The van der Waals surface area contributed by atoms with Gasteiger partial charge < -0.3 is 14.4 Å². The molecule has 0 amide bonds. The summed E-state index contributed by atoms with van der Waals surface area (Å²) in [4.78, 5) is 4.71. The third-order valence-corrected chi connectivity index (χ3v) is 5.00. The first kappa shape index (κ1) is 21.9. The third kappa shape index (κ3) is 7.25. The molecule has 0 aromatic heterocycles. The maximum Gasteiger partial charge on any atom is 0.573 e. The van der Waals surface area contributed by atoms with E-state index >= 15 is 0 Å². The summed E-state index contributed by atoms with van der Waals surface area (Å²) in [5.74, 6) is 0.572. The highest BCUT2D eigenvalue weighted by atomic mass is 19.4. The lowest BCUT2D eigenvalue weighted by atomic mass is 10.1. The van der Waals surface area contributed by atoms with Crippen molar-refractivity contribution in [3.8, 4) is 17.6 Å². The van der Waals surface area contributed by atoms with E-state index in [2.05, 4.69) is 20.6 Å². The Hall–Kier alpha value is -2.76. The molecule has 0 aliphatic carbocycles. The largest absolute Gasteiger partial charge is 0.573 e. The second kappa shape index (κ2) is 10.3. The number of benzene rings is 2. The molecule has 2 aromatic carbocycles. The molecular formula is C22H24F3N3O2. The fraction of sp³-hybridized carbons (Fsp3) is 0.409. The van der Waals surface area contributed by atoms with Crippen LogP contribution >= 0.6 is 0 Å². The van der Waals surface area contributed by atoms with Gasteiger partial charge in [0.15, 0.2) is 0 Å². The van der Waals surface area contributed by atoms with Crippen LogP contribution in [0.2, 0.25) is 0 Å². The van der Waals surface area contributed by atoms with Crippen LogP contribution in [0.3, 0.4) is 0 Å². The molecule has 1 aliphatic heterocycles. The Balaban J connectivity index is 1.32. The molecule has 0 N–H and O–H groups in total. The molecule has 1 aliphatic rings. The number of hydrogen-bond acceptors (Lipinski definition) is 5. The molecule has 1 fully saturated rings. The molecule has 5 nitrogen and oxygen atoms in total. The van der Waals surface area contributed by atoms with Crippen LogP contribution in [0.4, 0.5) is 13.2 Å². The second-order valence-corrected chi connectivity index (χ2v) is 7.11. The summed E-state index contributed by atoms with van der Waals surface area (Å²) in [5, 5.41) is 8.80. The van der Waals surface area contributed by atoms with Gasteiger partial charge in [-0.25, -0.2) is 0 Å². The van der Waals surface area contributed by atoms with Crippen LogP contribution in [0.1, 0.15) is 11.1 Å². The number of halogens is 3. The minimum Gasteiger partial charge on any atom is -0.492 e. The van der Waals surface area contributed by atoms with Gasteiger partial charge in [-0.1, -0.05) is 12.1 Å². The standard InChI is InChI=1S/C22H24F3N3O2/c23-22(24,25)30-21-7-1-18(2-8-21)9-10-27-11-13-28(14-12-27)15-16-29-20-5-3-19(17-26)4-6-20/h1-8H,9-16H2. The quantitative estimate of drug-likeness (QED) is 0.653. The van der Waals surface area contributed by atoms with Crippen LogP contribution in [-0.2, 0) is 6.42 Å². The number of nitrogens with zero attached hydrogens (tertiary/aromatic N) is 3. The van der Waals surface area contributed by atoms with Crippen molar-refractivity contribution in [1.82, 2.24) is 9.80 Å². The fourth-order valence-electron chi connectivity index (χ4n) is 3.30. The van der Waals surface area contributed by atoms with Crippen molar-refractivity contribution in [3.63, 3.8) is 0 Å². The summed E-state index contributed by atoms with van der Waals surface area (Å²) in [6.07, 6.45) is -3.87. The summed E-state index contributed by atoms with van der Waals surface area (Å²) in [6, 6.07) is 15.2. The SMILES string of the molecule is N#Cc1ccc(OCCN2CCN(CCc3ccc(OC(F)(F)F)cc3)CC2)cc1. The summed E-state index contributed by atoms with van der Waals surface area (Å²) < 4.78 is 46.2. The van der Waals surface area contributed by atoms with Gasteiger partial charge in [0.2, 0.25) is 0 Å². The number of rotatable bonds is 8. The molecule has 0 unspecified atom stereocenters. The first-order valence-electron chi connectivity index (χ1n) is 9.84. The van der Waals surface area contributed by atoms with Gasteiger partial charge in [-0.2, -0.15) is 5.26 Å². The van der Waals surface area contributed by atoms with Gasteiger partial charge in [0.05, 0.1) is 11.6 Å². The van der Waals surface area contributed by atoms with E-state index in [1.165, 1.54) is 12.1 Å². The molecule has 2 aromatic rings. The van der Waals surface area contributed by atoms with Crippen molar-refractivity contribution >= 4 is 0 Å². The predicted octanol–water partition coefficient (Wildman–Crippen LogP) is 3.70. The summed E-state index contributed by atoms with van der Waals surface area (Å²) in [7, 11) is 0. The van der Waals surface area contributed by atoms with Crippen LogP contribution in [0.25, 0.3) is 0 Å². The van der Waals surface area contributed by atoms with Gasteiger partial charge in [0, 0.05) is 39.3 Å². The summed E-state index contributed by atoms with van der Waals surface area (Å²) >= 11 is 0. The van der Waals surface area contributed by atoms with E-state index in [-0.39, 0.29) is 5.75 Å². The van der Waals surface area contributed by atoms with E-state index in [4.69, 9.17) is 10.00 Å². The van der Waals surface area contributed by atoms with E-state index in [0.717, 1.165) is 57.0 Å². The Bertz CT molecular complexity index is 825. The molecule has 0 atom stereocenters. The zero-order valence-corrected chi connectivity index (χ0v) is 16.6. The Morgan fingerprint density at radius 1 is 0.833 bits per heavy atom. The zero-order valence-electron chi connectivity index (χ0n) is 16.6. The third-order valence-electron chi connectivity index (χ3n) is 5.00. The molecular weight excluding hydrogens is 395 g/mol. The van der Waals surface area contributed by atoms with Gasteiger partial charge in [-0.3, -0.25) is 4.90 Å². The fourth-order valence-corrected chi connectivity index (χ4v) is 3.30. The van der Waals surface area contributed by atoms with Crippen molar-refractivity contribution in [3.05, 3.63) is 59.7 Å². The van der Waals surface area contributed by atoms with Crippen molar-refractivity contribution in [2.45, 2.75) is 12.8 Å². The highest BCUT2D eigenvalue weighted by Crippen LogP contribution is 2.23. The van der Waals surface area contributed by atoms with E-state index < -0.39 is 6.36 Å². The highest BCUT2D eigenvalue weighted by molar-refractivity contribution is 5.34. The van der Waals surface area contributed by atoms with Crippen LogP contribution in [0.5, 0.6) is 11.5 Å². The highest BCUT2D eigenvalue weighted by Gasteiger charge is 2.30. The van der Waals surface area contributed by atoms with E-state index in [1.807, 2.05) is 0 Å². The lowest BCUT2D eigenvalue weighted by molar-refractivity contribution is -0.274. The summed E-state index contributed by atoms with van der Waals surface area (Å²) in [6.45, 7) is 6.12.